The van der Waals surface area contributed by atoms with Gasteiger partial charge in [-0.3, -0.25) is 25.0 Å². The van der Waals surface area contributed by atoms with Gasteiger partial charge in [0.15, 0.2) is 0 Å². The van der Waals surface area contributed by atoms with E-state index in [9.17, 15) is 25.0 Å². The second-order valence-electron chi connectivity index (χ2n) is 6.27. The van der Waals surface area contributed by atoms with Crippen LogP contribution in [-0.4, -0.2) is 53.4 Å². The summed E-state index contributed by atoms with van der Waals surface area (Å²) in [6, 6.07) is 13.2. The molecule has 146 valence electrons. The van der Waals surface area contributed by atoms with Crippen LogP contribution in [0.3, 0.4) is 0 Å². The lowest BCUT2D eigenvalue weighted by Gasteiger charge is -2.36. The molecule has 0 unspecified atom stereocenters. The summed E-state index contributed by atoms with van der Waals surface area (Å²) in [4.78, 5) is 36.9. The highest BCUT2D eigenvalue weighted by Crippen LogP contribution is 2.28. The van der Waals surface area contributed by atoms with E-state index < -0.39 is 15.5 Å². The van der Waals surface area contributed by atoms with Crippen molar-refractivity contribution in [1.29, 1.82) is 0 Å². The Labute approximate surface area is 160 Å². The fourth-order valence-corrected chi connectivity index (χ4v) is 3.07. The molecule has 1 fully saturated rings. The molecule has 10 heteroatoms. The Morgan fingerprint density at radius 2 is 1.64 bits per heavy atom. The molecule has 1 aliphatic rings. The number of benzene rings is 2. The van der Waals surface area contributed by atoms with Gasteiger partial charge in [0.1, 0.15) is 5.69 Å². The Hall–Kier alpha value is -3.69. The number of rotatable bonds is 6. The lowest BCUT2D eigenvalue weighted by atomic mass is 10.2. The number of piperazine rings is 1. The van der Waals surface area contributed by atoms with Crippen molar-refractivity contribution in [3.05, 3.63) is 68.8 Å². The zero-order chi connectivity index (χ0) is 20.1. The molecule has 28 heavy (non-hydrogen) atoms. The van der Waals surface area contributed by atoms with Crippen molar-refractivity contribution in [1.82, 2.24) is 4.90 Å². The molecule has 1 aliphatic heterocycles. The number of amides is 1. The molecule has 3 rings (SSSR count). The highest BCUT2D eigenvalue weighted by Gasteiger charge is 2.23. The first-order chi connectivity index (χ1) is 13.5. The van der Waals surface area contributed by atoms with Crippen LogP contribution in [0.4, 0.5) is 22.7 Å². The first kappa shape index (κ1) is 19.1. The molecule has 1 N–H and O–H groups in total. The number of carbonyl (C=O) groups excluding carboxylic acids is 1. The van der Waals surface area contributed by atoms with Gasteiger partial charge in [-0.15, -0.1) is 0 Å². The first-order valence-electron chi connectivity index (χ1n) is 8.70. The van der Waals surface area contributed by atoms with E-state index >= 15 is 0 Å². The zero-order valence-electron chi connectivity index (χ0n) is 15.0. The summed E-state index contributed by atoms with van der Waals surface area (Å²) in [6.07, 6.45) is 0. The predicted octanol–water partition coefficient (Wildman–Crippen LogP) is 2.26. The van der Waals surface area contributed by atoms with E-state index in [1.54, 1.807) is 4.90 Å². The minimum Gasteiger partial charge on any atom is -0.371 e. The third-order valence-electron chi connectivity index (χ3n) is 4.57. The Bertz CT molecular complexity index is 881. The van der Waals surface area contributed by atoms with Crippen LogP contribution in [0.2, 0.25) is 0 Å². The molecule has 1 amide bonds. The summed E-state index contributed by atoms with van der Waals surface area (Å²) in [7, 11) is 0. The number of nitrogens with one attached hydrogen (secondary N) is 1. The monoisotopic (exact) mass is 385 g/mol. The quantitative estimate of drug-likeness (QED) is 0.598. The van der Waals surface area contributed by atoms with Crippen molar-refractivity contribution < 1.29 is 14.6 Å². The normalized spacial score (nSPS) is 13.9. The molecule has 10 nitrogen and oxygen atoms in total. The molecule has 0 atom stereocenters. The van der Waals surface area contributed by atoms with Crippen LogP contribution in [0.25, 0.3) is 0 Å². The zero-order valence-corrected chi connectivity index (χ0v) is 15.0. The number of non-ortho nitro benzene ring substituents is 1. The van der Waals surface area contributed by atoms with Crippen LogP contribution in [0.1, 0.15) is 0 Å². The molecule has 1 saturated heterocycles. The summed E-state index contributed by atoms with van der Waals surface area (Å²) >= 11 is 0. The van der Waals surface area contributed by atoms with Gasteiger partial charge in [-0.25, -0.2) is 0 Å². The average Bonchev–Trinajstić information content (AvgIpc) is 2.72. The largest absolute Gasteiger partial charge is 0.371 e. The van der Waals surface area contributed by atoms with E-state index in [4.69, 9.17) is 0 Å². The van der Waals surface area contributed by atoms with Gasteiger partial charge in [-0.2, -0.15) is 0 Å². The summed E-state index contributed by atoms with van der Waals surface area (Å²) in [5, 5.41) is 24.7. The van der Waals surface area contributed by atoms with Gasteiger partial charge in [-0.05, 0) is 18.2 Å². The number of nitro benzene ring substituents is 2. The fraction of sp³-hybridized carbons (Fsp3) is 0.278. The van der Waals surface area contributed by atoms with Gasteiger partial charge in [0.2, 0.25) is 5.91 Å². The molecule has 0 aliphatic carbocycles. The third kappa shape index (κ3) is 4.34. The van der Waals surface area contributed by atoms with E-state index in [0.717, 1.165) is 11.8 Å². The maximum atomic E-state index is 12.4. The van der Waals surface area contributed by atoms with Crippen LogP contribution in [0, 0.1) is 20.2 Å². The molecule has 1 heterocycles. The topological polar surface area (TPSA) is 122 Å². The molecule has 0 saturated carbocycles. The lowest BCUT2D eigenvalue weighted by Crippen LogP contribution is -2.50. The number of hydrogen-bond donors (Lipinski definition) is 1. The summed E-state index contributed by atoms with van der Waals surface area (Å²) < 4.78 is 0. The highest BCUT2D eigenvalue weighted by molar-refractivity contribution is 5.82. The third-order valence-corrected chi connectivity index (χ3v) is 4.57. The molecule has 0 aromatic heterocycles. The Morgan fingerprint density at radius 3 is 2.25 bits per heavy atom. The maximum Gasteiger partial charge on any atom is 0.299 e. The minimum absolute atomic E-state index is 0.0758. The van der Waals surface area contributed by atoms with Gasteiger partial charge >= 0.3 is 0 Å². The highest BCUT2D eigenvalue weighted by atomic mass is 16.6. The van der Waals surface area contributed by atoms with Gasteiger partial charge in [0, 0.05) is 37.9 Å². The van der Waals surface area contributed by atoms with E-state index in [1.807, 2.05) is 30.3 Å². The Kier molecular flexibility index (Phi) is 5.68. The number of hydrogen-bond acceptors (Lipinski definition) is 7. The maximum absolute atomic E-state index is 12.4. The van der Waals surface area contributed by atoms with Crippen LogP contribution in [-0.2, 0) is 4.79 Å². The second kappa shape index (κ2) is 8.33. The molecule has 0 bridgehead atoms. The minimum atomic E-state index is -0.710. The van der Waals surface area contributed by atoms with Gasteiger partial charge in [0.05, 0.1) is 22.5 Å². The average molecular weight is 385 g/mol. The SMILES string of the molecule is O=C(CNc1ccc([N+](=O)[O-])cc1[N+](=O)[O-])N1CCN(c2ccccc2)CC1. The molecule has 2 aromatic rings. The summed E-state index contributed by atoms with van der Waals surface area (Å²) in [5.74, 6) is -0.180. The molecule has 0 spiro atoms. The van der Waals surface area contributed by atoms with Crippen molar-refractivity contribution in [3.63, 3.8) is 0 Å². The van der Waals surface area contributed by atoms with E-state index in [0.29, 0.717) is 26.2 Å². The molecule has 0 radical (unpaired) electrons. The van der Waals surface area contributed by atoms with Crippen LogP contribution < -0.4 is 10.2 Å². The number of carbonyl (C=O) groups is 1. The van der Waals surface area contributed by atoms with Crippen molar-refractivity contribution in [2.45, 2.75) is 0 Å². The molecular weight excluding hydrogens is 366 g/mol. The van der Waals surface area contributed by atoms with Crippen molar-refractivity contribution >= 4 is 28.7 Å². The van der Waals surface area contributed by atoms with Crippen molar-refractivity contribution in [2.75, 3.05) is 42.9 Å². The van der Waals surface area contributed by atoms with E-state index in [-0.39, 0.29) is 23.8 Å². The van der Waals surface area contributed by atoms with Gasteiger partial charge in [-0.1, -0.05) is 18.2 Å². The number of nitrogens with zero attached hydrogens (tertiary/aromatic N) is 4. The van der Waals surface area contributed by atoms with Crippen LogP contribution >= 0.6 is 0 Å². The lowest BCUT2D eigenvalue weighted by molar-refractivity contribution is -0.393. The van der Waals surface area contributed by atoms with Crippen LogP contribution in [0.5, 0.6) is 0 Å². The summed E-state index contributed by atoms with van der Waals surface area (Å²) in [5.41, 5.74) is 0.373. The smallest absolute Gasteiger partial charge is 0.299 e. The fourth-order valence-electron chi connectivity index (χ4n) is 3.07. The van der Waals surface area contributed by atoms with E-state index in [2.05, 4.69) is 10.2 Å². The second-order valence-corrected chi connectivity index (χ2v) is 6.27. The van der Waals surface area contributed by atoms with Crippen LogP contribution in [0.15, 0.2) is 48.5 Å². The number of para-hydroxylation sites is 1. The predicted molar refractivity (Wildman–Crippen MR) is 103 cm³/mol. The molecule has 2 aromatic carbocycles. The Balaban J connectivity index is 1.58. The Morgan fingerprint density at radius 1 is 0.964 bits per heavy atom. The first-order valence-corrected chi connectivity index (χ1v) is 8.70. The standard InChI is InChI=1S/C18H19N5O5/c24-18(21-10-8-20(9-11-21)14-4-2-1-3-5-14)13-19-16-7-6-15(22(25)26)12-17(16)23(27)28/h1-7,12,19H,8-11,13H2. The van der Waals surface area contributed by atoms with Crippen molar-refractivity contribution in [3.8, 4) is 0 Å². The number of nitro groups is 2. The van der Waals surface area contributed by atoms with Crippen molar-refractivity contribution in [2.24, 2.45) is 0 Å². The molecular formula is C18H19N5O5. The van der Waals surface area contributed by atoms with E-state index in [1.165, 1.54) is 12.1 Å². The number of anilines is 2. The van der Waals surface area contributed by atoms with Gasteiger partial charge < -0.3 is 15.1 Å². The summed E-state index contributed by atoms with van der Waals surface area (Å²) in [6.45, 7) is 2.39. The van der Waals surface area contributed by atoms with Gasteiger partial charge in [0.25, 0.3) is 11.4 Å².